The molecule has 0 amide bonds. The second kappa shape index (κ2) is 7.15. The number of hydrogen-bond acceptors (Lipinski definition) is 7. The predicted molar refractivity (Wildman–Crippen MR) is 76.3 cm³/mol. The van der Waals surface area contributed by atoms with Crippen LogP contribution < -0.4 is 9.47 Å². The van der Waals surface area contributed by atoms with Crippen LogP contribution in [0.2, 0.25) is 0 Å². The Labute approximate surface area is 120 Å². The van der Waals surface area contributed by atoms with Crippen LogP contribution in [0.4, 0.5) is 5.69 Å². The van der Waals surface area contributed by atoms with Crippen LogP contribution in [0.3, 0.4) is 0 Å². The summed E-state index contributed by atoms with van der Waals surface area (Å²) in [4.78, 5) is 10.9. The highest BCUT2D eigenvalue weighted by molar-refractivity contribution is 8.22. The molecule has 1 aromatic carbocycles. The highest BCUT2D eigenvalue weighted by Crippen LogP contribution is 2.39. The van der Waals surface area contributed by atoms with Gasteiger partial charge >= 0.3 is 0 Å². The van der Waals surface area contributed by atoms with Crippen LogP contribution in [-0.4, -0.2) is 30.1 Å². The fourth-order valence-electron chi connectivity index (χ4n) is 1.31. The van der Waals surface area contributed by atoms with E-state index in [-0.39, 0.29) is 10.1 Å². The Morgan fingerprint density at radius 1 is 1.37 bits per heavy atom. The molecule has 0 bridgehead atoms. The summed E-state index contributed by atoms with van der Waals surface area (Å²) in [6.45, 7) is 2.20. The summed E-state index contributed by atoms with van der Waals surface area (Å²) in [5.74, 6) is 0.691. The number of hydrogen-bond donors (Lipinski definition) is 0. The number of nitro benzene ring substituents is 1. The van der Waals surface area contributed by atoms with Crippen molar-refractivity contribution < 1.29 is 19.1 Å². The standard InChI is InChI=1S/C11H13NO5S2/c1-4-17-11(18)19-10-6-9(16-3)8(15-2)5-7(10)12(13)14/h5-6H,4H2,1-3H3. The lowest BCUT2D eigenvalue weighted by atomic mass is 10.3. The number of thiocarbonyl (C=S) groups is 1. The first-order chi connectivity index (χ1) is 9.03. The maximum absolute atomic E-state index is 11.0. The number of thioether (sulfide) groups is 1. The second-order valence-corrected chi connectivity index (χ2v) is 4.86. The van der Waals surface area contributed by atoms with Crippen molar-refractivity contribution in [2.24, 2.45) is 0 Å². The molecule has 0 aliphatic carbocycles. The van der Waals surface area contributed by atoms with Gasteiger partial charge in [-0.05, 0) is 30.9 Å². The van der Waals surface area contributed by atoms with Crippen LogP contribution in [0.15, 0.2) is 17.0 Å². The van der Waals surface area contributed by atoms with Gasteiger partial charge in [0.25, 0.3) is 5.69 Å². The second-order valence-electron chi connectivity index (χ2n) is 3.22. The van der Waals surface area contributed by atoms with E-state index < -0.39 is 4.92 Å². The SMILES string of the molecule is CCOC(=S)Sc1cc(OC)c(OC)cc1[N+](=O)[O-]. The molecule has 0 fully saturated rings. The van der Waals surface area contributed by atoms with E-state index >= 15 is 0 Å². The third kappa shape index (κ3) is 3.97. The van der Waals surface area contributed by atoms with Crippen molar-refractivity contribution in [1.29, 1.82) is 0 Å². The minimum atomic E-state index is -0.501. The molecule has 0 atom stereocenters. The van der Waals surface area contributed by atoms with Crippen LogP contribution in [0.5, 0.6) is 11.5 Å². The molecule has 0 unspecified atom stereocenters. The number of ether oxygens (including phenoxy) is 3. The van der Waals surface area contributed by atoms with E-state index in [0.717, 1.165) is 11.8 Å². The molecule has 19 heavy (non-hydrogen) atoms. The summed E-state index contributed by atoms with van der Waals surface area (Å²) >= 11 is 5.97. The fraction of sp³-hybridized carbons (Fsp3) is 0.364. The van der Waals surface area contributed by atoms with Crippen LogP contribution >= 0.6 is 24.0 Å². The monoisotopic (exact) mass is 303 g/mol. The van der Waals surface area contributed by atoms with Crippen molar-refractivity contribution in [1.82, 2.24) is 0 Å². The van der Waals surface area contributed by atoms with Crippen molar-refractivity contribution in [2.45, 2.75) is 11.8 Å². The molecule has 0 heterocycles. The number of nitrogens with zero attached hydrogens (tertiary/aromatic N) is 1. The summed E-state index contributed by atoms with van der Waals surface area (Å²) < 4.78 is 15.5. The zero-order valence-electron chi connectivity index (χ0n) is 10.7. The minimum absolute atomic E-state index is 0.107. The fourth-order valence-corrected chi connectivity index (χ4v) is 2.46. The first kappa shape index (κ1) is 15.5. The quantitative estimate of drug-likeness (QED) is 0.358. The molecule has 6 nitrogen and oxygen atoms in total. The number of rotatable bonds is 5. The van der Waals surface area contributed by atoms with Gasteiger partial charge in [-0.15, -0.1) is 0 Å². The molecule has 1 rings (SSSR count). The molecule has 0 saturated heterocycles. The lowest BCUT2D eigenvalue weighted by molar-refractivity contribution is -0.387. The summed E-state index contributed by atoms with van der Waals surface area (Å²) in [6, 6.07) is 2.81. The summed E-state index contributed by atoms with van der Waals surface area (Å²) in [7, 11) is 2.87. The number of benzene rings is 1. The maximum atomic E-state index is 11.0. The van der Waals surface area contributed by atoms with Gasteiger partial charge in [-0.3, -0.25) is 10.1 Å². The van der Waals surface area contributed by atoms with Gasteiger partial charge in [0, 0.05) is 6.07 Å². The van der Waals surface area contributed by atoms with Crippen LogP contribution in [0.25, 0.3) is 0 Å². The molecule has 104 valence electrons. The average Bonchev–Trinajstić information content (AvgIpc) is 2.38. The van der Waals surface area contributed by atoms with Crippen molar-refractivity contribution >= 4 is 34.0 Å². The molecule has 0 radical (unpaired) electrons. The Kier molecular flexibility index (Phi) is 5.84. The minimum Gasteiger partial charge on any atom is -0.493 e. The highest BCUT2D eigenvalue weighted by Gasteiger charge is 2.21. The Balaban J connectivity index is 3.19. The summed E-state index contributed by atoms with van der Waals surface area (Å²) in [6.07, 6.45) is 0. The van der Waals surface area contributed by atoms with E-state index in [0.29, 0.717) is 23.0 Å². The van der Waals surface area contributed by atoms with Gasteiger partial charge in [0.05, 0.1) is 36.7 Å². The smallest absolute Gasteiger partial charge is 0.287 e. The number of nitro groups is 1. The Morgan fingerprint density at radius 3 is 2.42 bits per heavy atom. The molecule has 0 aromatic heterocycles. The van der Waals surface area contributed by atoms with Crippen molar-refractivity contribution in [3.05, 3.63) is 22.2 Å². The Hall–Kier alpha value is -1.54. The van der Waals surface area contributed by atoms with Gasteiger partial charge in [-0.1, -0.05) is 0 Å². The topological polar surface area (TPSA) is 70.8 Å². The lowest BCUT2D eigenvalue weighted by Gasteiger charge is -2.10. The summed E-state index contributed by atoms with van der Waals surface area (Å²) in [5.41, 5.74) is -0.107. The first-order valence-corrected chi connectivity index (χ1v) is 6.51. The molecular weight excluding hydrogens is 290 g/mol. The van der Waals surface area contributed by atoms with Gasteiger partial charge in [-0.2, -0.15) is 0 Å². The lowest BCUT2D eigenvalue weighted by Crippen LogP contribution is -1.99. The molecular formula is C11H13NO5S2. The molecule has 0 N–H and O–H groups in total. The first-order valence-electron chi connectivity index (χ1n) is 5.28. The Morgan fingerprint density at radius 2 is 1.95 bits per heavy atom. The van der Waals surface area contributed by atoms with E-state index in [4.69, 9.17) is 26.4 Å². The van der Waals surface area contributed by atoms with E-state index in [1.54, 1.807) is 6.92 Å². The molecule has 1 aromatic rings. The molecule has 0 spiro atoms. The van der Waals surface area contributed by atoms with E-state index in [1.807, 2.05) is 0 Å². The van der Waals surface area contributed by atoms with Gasteiger partial charge in [0.2, 0.25) is 4.38 Å². The summed E-state index contributed by atoms with van der Waals surface area (Å²) in [5, 5.41) is 11.0. The molecule has 0 aliphatic rings. The molecule has 0 aliphatic heterocycles. The highest BCUT2D eigenvalue weighted by atomic mass is 32.2. The average molecular weight is 303 g/mol. The van der Waals surface area contributed by atoms with Gasteiger partial charge in [0.1, 0.15) is 0 Å². The van der Waals surface area contributed by atoms with Crippen molar-refractivity contribution in [3.63, 3.8) is 0 Å². The maximum Gasteiger partial charge on any atom is 0.287 e. The van der Waals surface area contributed by atoms with Crippen LogP contribution in [0.1, 0.15) is 6.92 Å². The van der Waals surface area contributed by atoms with Gasteiger partial charge in [0.15, 0.2) is 11.5 Å². The van der Waals surface area contributed by atoms with Crippen LogP contribution in [0, 0.1) is 10.1 Å². The van der Waals surface area contributed by atoms with Crippen molar-refractivity contribution in [2.75, 3.05) is 20.8 Å². The zero-order valence-corrected chi connectivity index (χ0v) is 12.3. The normalized spacial score (nSPS) is 9.84. The molecule has 0 saturated carbocycles. The van der Waals surface area contributed by atoms with E-state index in [9.17, 15) is 10.1 Å². The zero-order chi connectivity index (χ0) is 14.4. The predicted octanol–water partition coefficient (Wildman–Crippen LogP) is 3.03. The Bertz CT molecular complexity index is 492. The third-order valence-electron chi connectivity index (χ3n) is 2.12. The number of methoxy groups -OCH3 is 2. The third-order valence-corrected chi connectivity index (χ3v) is 3.32. The molecule has 8 heteroatoms. The van der Waals surface area contributed by atoms with E-state index in [2.05, 4.69) is 0 Å². The largest absolute Gasteiger partial charge is 0.493 e. The van der Waals surface area contributed by atoms with Crippen molar-refractivity contribution in [3.8, 4) is 11.5 Å². The van der Waals surface area contributed by atoms with E-state index in [1.165, 1.54) is 26.4 Å². The van der Waals surface area contributed by atoms with Gasteiger partial charge < -0.3 is 14.2 Å². The van der Waals surface area contributed by atoms with Crippen LogP contribution in [-0.2, 0) is 4.74 Å². The van der Waals surface area contributed by atoms with Gasteiger partial charge in [-0.25, -0.2) is 0 Å².